The summed E-state index contributed by atoms with van der Waals surface area (Å²) < 4.78 is 2.76. The predicted octanol–water partition coefficient (Wildman–Crippen LogP) is 3.85. The molecule has 0 aliphatic carbocycles. The Labute approximate surface area is 154 Å². The molecule has 0 atom stereocenters. The quantitative estimate of drug-likeness (QED) is 0.525. The van der Waals surface area contributed by atoms with Crippen LogP contribution in [0.3, 0.4) is 0 Å². The molecule has 0 bridgehead atoms. The summed E-state index contributed by atoms with van der Waals surface area (Å²) in [5.41, 5.74) is 5.69. The van der Waals surface area contributed by atoms with Gasteiger partial charge in [0.15, 0.2) is 5.69 Å². The van der Waals surface area contributed by atoms with Crippen molar-refractivity contribution in [2.45, 2.75) is 13.5 Å². The third-order valence-corrected chi connectivity index (χ3v) is 4.18. The van der Waals surface area contributed by atoms with Crippen LogP contribution in [0.1, 0.15) is 28.5 Å². The Morgan fingerprint density at radius 2 is 1.84 bits per heavy atom. The van der Waals surface area contributed by atoms with Gasteiger partial charge in [-0.2, -0.15) is 10.2 Å². The minimum Gasteiger partial charge on any atom is -0.268 e. The molecular formula is C19H17BrN4O. The second kappa shape index (κ2) is 7.90. The third kappa shape index (κ3) is 4.64. The van der Waals surface area contributed by atoms with E-state index in [2.05, 4.69) is 31.6 Å². The number of rotatable bonds is 5. The Morgan fingerprint density at radius 3 is 2.56 bits per heavy atom. The number of benzene rings is 2. The van der Waals surface area contributed by atoms with E-state index >= 15 is 0 Å². The number of halogens is 1. The normalized spacial score (nSPS) is 11.4. The van der Waals surface area contributed by atoms with Crippen LogP contribution in [0.5, 0.6) is 0 Å². The summed E-state index contributed by atoms with van der Waals surface area (Å²) in [6, 6.07) is 19.4. The second-order valence-corrected chi connectivity index (χ2v) is 6.44. The summed E-state index contributed by atoms with van der Waals surface area (Å²) >= 11 is 3.41. The molecule has 1 aromatic heterocycles. The Bertz CT molecular complexity index is 885. The molecule has 1 amide bonds. The number of hydrogen-bond acceptors (Lipinski definition) is 3. The van der Waals surface area contributed by atoms with Gasteiger partial charge in [-0.3, -0.25) is 9.48 Å². The monoisotopic (exact) mass is 396 g/mol. The molecule has 25 heavy (non-hydrogen) atoms. The molecule has 0 unspecified atom stereocenters. The summed E-state index contributed by atoms with van der Waals surface area (Å²) in [5, 5.41) is 8.44. The first-order chi connectivity index (χ1) is 12.1. The van der Waals surface area contributed by atoms with Gasteiger partial charge in [0.2, 0.25) is 0 Å². The lowest BCUT2D eigenvalue weighted by Gasteiger charge is -2.03. The molecule has 0 saturated heterocycles. The summed E-state index contributed by atoms with van der Waals surface area (Å²) in [7, 11) is 0. The summed E-state index contributed by atoms with van der Waals surface area (Å²) in [5.74, 6) is -0.329. The van der Waals surface area contributed by atoms with E-state index in [1.807, 2.05) is 61.5 Å². The molecule has 3 rings (SSSR count). The molecule has 5 nitrogen and oxygen atoms in total. The van der Waals surface area contributed by atoms with Gasteiger partial charge in [-0.25, -0.2) is 5.43 Å². The molecule has 0 aliphatic rings. The molecule has 2 aromatic carbocycles. The summed E-state index contributed by atoms with van der Waals surface area (Å²) in [4.78, 5) is 12.2. The number of amides is 1. The van der Waals surface area contributed by atoms with Crippen molar-refractivity contribution in [1.29, 1.82) is 0 Å². The first-order valence-electron chi connectivity index (χ1n) is 7.80. The van der Waals surface area contributed by atoms with Gasteiger partial charge in [-0.15, -0.1) is 0 Å². The molecular weight excluding hydrogens is 380 g/mol. The van der Waals surface area contributed by atoms with Gasteiger partial charge in [0.25, 0.3) is 5.91 Å². The zero-order valence-electron chi connectivity index (χ0n) is 13.7. The van der Waals surface area contributed by atoms with Crippen LogP contribution in [0.25, 0.3) is 0 Å². The van der Waals surface area contributed by atoms with E-state index in [0.29, 0.717) is 12.2 Å². The fourth-order valence-corrected chi connectivity index (χ4v) is 2.55. The largest absolute Gasteiger partial charge is 0.291 e. The number of aromatic nitrogens is 2. The van der Waals surface area contributed by atoms with Crippen LogP contribution in [0, 0.1) is 0 Å². The van der Waals surface area contributed by atoms with Crippen LogP contribution in [0.4, 0.5) is 0 Å². The highest BCUT2D eigenvalue weighted by molar-refractivity contribution is 9.10. The first kappa shape index (κ1) is 17.1. The lowest BCUT2D eigenvalue weighted by molar-refractivity contribution is 0.0949. The average Bonchev–Trinajstić information content (AvgIpc) is 3.10. The molecule has 0 radical (unpaired) electrons. The molecule has 6 heteroatoms. The molecule has 1 N–H and O–H groups in total. The van der Waals surface area contributed by atoms with Gasteiger partial charge in [0, 0.05) is 10.7 Å². The third-order valence-electron chi connectivity index (χ3n) is 3.65. The number of nitrogens with one attached hydrogen (secondary N) is 1. The molecule has 0 aliphatic heterocycles. The van der Waals surface area contributed by atoms with E-state index < -0.39 is 0 Å². The molecule has 0 fully saturated rings. The topological polar surface area (TPSA) is 59.3 Å². The number of hydrazone groups is 1. The second-order valence-electron chi connectivity index (χ2n) is 5.53. The van der Waals surface area contributed by atoms with E-state index in [0.717, 1.165) is 21.3 Å². The van der Waals surface area contributed by atoms with Crippen molar-refractivity contribution in [1.82, 2.24) is 15.2 Å². The fourth-order valence-electron chi connectivity index (χ4n) is 2.28. The average molecular weight is 397 g/mol. The van der Waals surface area contributed by atoms with Crippen molar-refractivity contribution in [3.8, 4) is 0 Å². The minimum absolute atomic E-state index is 0.329. The van der Waals surface area contributed by atoms with Gasteiger partial charge in [-0.05, 0) is 36.2 Å². The molecule has 0 saturated carbocycles. The standard InChI is InChI=1S/C19H17BrN4O/c1-14(16-5-3-2-4-6-16)21-22-19(25)18-11-12-24(23-18)13-15-7-9-17(20)10-8-15/h2-12H,13H2,1H3,(H,22,25)/b21-14+. The van der Waals surface area contributed by atoms with Crippen molar-refractivity contribution in [3.05, 3.63) is 88.2 Å². The van der Waals surface area contributed by atoms with Crippen molar-refractivity contribution in [2.24, 2.45) is 5.10 Å². The number of carbonyl (C=O) groups is 1. The first-order valence-corrected chi connectivity index (χ1v) is 8.59. The van der Waals surface area contributed by atoms with Crippen molar-refractivity contribution >= 4 is 27.5 Å². The van der Waals surface area contributed by atoms with Gasteiger partial charge in [-0.1, -0.05) is 58.4 Å². The van der Waals surface area contributed by atoms with Crippen molar-refractivity contribution in [2.75, 3.05) is 0 Å². The van der Waals surface area contributed by atoms with Crippen LogP contribution in [0.15, 0.2) is 76.4 Å². The van der Waals surface area contributed by atoms with E-state index in [9.17, 15) is 4.79 Å². The van der Waals surface area contributed by atoms with Crippen LogP contribution in [-0.4, -0.2) is 21.4 Å². The minimum atomic E-state index is -0.329. The van der Waals surface area contributed by atoms with E-state index in [1.165, 1.54) is 0 Å². The molecule has 1 heterocycles. The van der Waals surface area contributed by atoms with Crippen LogP contribution < -0.4 is 5.43 Å². The van der Waals surface area contributed by atoms with Gasteiger partial charge in [0.1, 0.15) is 0 Å². The molecule has 126 valence electrons. The van der Waals surface area contributed by atoms with Crippen LogP contribution in [-0.2, 0) is 6.54 Å². The van der Waals surface area contributed by atoms with Crippen molar-refractivity contribution in [3.63, 3.8) is 0 Å². The van der Waals surface area contributed by atoms with E-state index in [4.69, 9.17) is 0 Å². The fraction of sp³-hybridized carbons (Fsp3) is 0.105. The maximum Gasteiger partial charge on any atom is 0.291 e. The summed E-state index contributed by atoms with van der Waals surface area (Å²) in [6.45, 7) is 2.45. The lowest BCUT2D eigenvalue weighted by atomic mass is 10.1. The Hall–Kier alpha value is -2.73. The van der Waals surface area contributed by atoms with Gasteiger partial charge >= 0.3 is 0 Å². The number of nitrogens with zero attached hydrogens (tertiary/aromatic N) is 3. The maximum absolute atomic E-state index is 12.2. The van der Waals surface area contributed by atoms with Gasteiger partial charge < -0.3 is 0 Å². The summed E-state index contributed by atoms with van der Waals surface area (Å²) in [6.07, 6.45) is 1.78. The molecule has 3 aromatic rings. The highest BCUT2D eigenvalue weighted by atomic mass is 79.9. The van der Waals surface area contributed by atoms with Gasteiger partial charge in [0.05, 0.1) is 12.3 Å². The SMILES string of the molecule is C/C(=N\NC(=O)c1ccn(Cc2ccc(Br)cc2)n1)c1ccccc1. The van der Waals surface area contributed by atoms with Crippen LogP contribution >= 0.6 is 15.9 Å². The van der Waals surface area contributed by atoms with Crippen molar-refractivity contribution < 1.29 is 4.79 Å². The number of hydrogen-bond donors (Lipinski definition) is 1. The zero-order valence-corrected chi connectivity index (χ0v) is 15.3. The lowest BCUT2D eigenvalue weighted by Crippen LogP contribution is -2.20. The maximum atomic E-state index is 12.2. The zero-order chi connectivity index (χ0) is 17.6. The van der Waals surface area contributed by atoms with E-state index in [1.54, 1.807) is 16.9 Å². The Balaban J connectivity index is 1.63. The molecule has 0 spiro atoms. The number of carbonyl (C=O) groups excluding carboxylic acids is 1. The van der Waals surface area contributed by atoms with Crippen LogP contribution in [0.2, 0.25) is 0 Å². The Morgan fingerprint density at radius 1 is 1.12 bits per heavy atom. The highest BCUT2D eigenvalue weighted by Gasteiger charge is 2.09. The predicted molar refractivity (Wildman–Crippen MR) is 102 cm³/mol. The smallest absolute Gasteiger partial charge is 0.268 e. The Kier molecular flexibility index (Phi) is 5.40. The van der Waals surface area contributed by atoms with E-state index in [-0.39, 0.29) is 5.91 Å². The highest BCUT2D eigenvalue weighted by Crippen LogP contribution is 2.11.